The van der Waals surface area contributed by atoms with Crippen LogP contribution in [0, 0.1) is 0 Å². The number of hydrogen-bond acceptors (Lipinski definition) is 5. The Bertz CT molecular complexity index is 868. The molecule has 30 heavy (non-hydrogen) atoms. The third-order valence-corrected chi connectivity index (χ3v) is 5.55. The molecule has 3 rings (SSSR count). The topological polar surface area (TPSA) is 108 Å². The van der Waals surface area contributed by atoms with E-state index in [2.05, 4.69) is 15.5 Å². The number of fused-ring (bicyclic) bond motifs is 1. The molecule has 1 aliphatic rings. The van der Waals surface area contributed by atoms with Crippen LogP contribution in [0.3, 0.4) is 0 Å². The number of nitrogens with one attached hydrogen (secondary N) is 2. The van der Waals surface area contributed by atoms with Gasteiger partial charge in [-0.2, -0.15) is 0 Å². The van der Waals surface area contributed by atoms with E-state index in [1.807, 2.05) is 49.5 Å². The van der Waals surface area contributed by atoms with Crippen LogP contribution in [0.15, 0.2) is 42.5 Å². The van der Waals surface area contributed by atoms with Gasteiger partial charge in [0.2, 0.25) is 11.8 Å². The van der Waals surface area contributed by atoms with Gasteiger partial charge < -0.3 is 26.4 Å². The Balaban J connectivity index is 1.65. The highest BCUT2D eigenvalue weighted by Gasteiger charge is 2.27. The Morgan fingerprint density at radius 2 is 1.93 bits per heavy atom. The van der Waals surface area contributed by atoms with Crippen LogP contribution in [0.5, 0.6) is 0 Å². The van der Waals surface area contributed by atoms with Crippen molar-refractivity contribution < 1.29 is 14.7 Å². The number of rotatable bonds is 11. The summed E-state index contributed by atoms with van der Waals surface area (Å²) in [5, 5.41) is 17.4. The monoisotopic (exact) mass is 412 g/mol. The summed E-state index contributed by atoms with van der Waals surface area (Å²) in [6.07, 6.45) is 2.29. The molecule has 1 aliphatic carbocycles. The number of aliphatic hydroxyl groups is 1. The Labute approximate surface area is 177 Å². The highest BCUT2D eigenvalue weighted by Crippen LogP contribution is 2.25. The maximum atomic E-state index is 12.7. The third kappa shape index (κ3) is 6.52. The van der Waals surface area contributed by atoms with E-state index in [4.69, 9.17) is 5.73 Å². The van der Waals surface area contributed by atoms with Crippen LogP contribution >= 0.6 is 0 Å². The molecule has 0 saturated heterocycles. The minimum atomic E-state index is -0.807. The van der Waals surface area contributed by atoms with E-state index < -0.39 is 12.1 Å². The molecule has 0 aliphatic heterocycles. The van der Waals surface area contributed by atoms with Crippen LogP contribution < -0.4 is 16.4 Å². The van der Waals surface area contributed by atoms with E-state index >= 15 is 0 Å². The minimum Gasteiger partial charge on any atom is -0.390 e. The number of carbonyl (C=O) groups excluding carboxylic acids is 2. The van der Waals surface area contributed by atoms with Gasteiger partial charge in [-0.3, -0.25) is 9.59 Å². The number of carbonyl (C=O) groups is 2. The molecule has 0 spiro atoms. The number of aliphatic hydroxyl groups excluding tert-OH is 1. The summed E-state index contributed by atoms with van der Waals surface area (Å²) < 4.78 is 0. The molecule has 2 atom stereocenters. The van der Waals surface area contributed by atoms with E-state index in [1.54, 1.807) is 0 Å². The lowest BCUT2D eigenvalue weighted by Crippen LogP contribution is -2.50. The largest absolute Gasteiger partial charge is 0.390 e. The molecule has 1 saturated carbocycles. The van der Waals surface area contributed by atoms with Crippen LogP contribution in [-0.4, -0.2) is 66.7 Å². The highest BCUT2D eigenvalue weighted by atomic mass is 16.3. The average Bonchev–Trinajstić information content (AvgIpc) is 3.60. The first-order valence-corrected chi connectivity index (χ1v) is 10.6. The summed E-state index contributed by atoms with van der Waals surface area (Å²) in [4.78, 5) is 27.4. The highest BCUT2D eigenvalue weighted by molar-refractivity contribution is 5.88. The molecule has 162 valence electrons. The maximum absolute atomic E-state index is 12.7. The Kier molecular flexibility index (Phi) is 7.79. The molecule has 7 heteroatoms. The predicted molar refractivity (Wildman–Crippen MR) is 118 cm³/mol. The number of nitrogens with two attached hydrogens (primary N) is 1. The van der Waals surface area contributed by atoms with Crippen molar-refractivity contribution in [1.29, 1.82) is 0 Å². The van der Waals surface area contributed by atoms with Gasteiger partial charge in [-0.15, -0.1) is 0 Å². The normalized spacial score (nSPS) is 15.7. The number of hydrogen-bond donors (Lipinski definition) is 4. The van der Waals surface area contributed by atoms with Crippen LogP contribution in [-0.2, 0) is 16.0 Å². The first kappa shape index (κ1) is 22.2. The van der Waals surface area contributed by atoms with Gasteiger partial charge in [0.15, 0.2) is 0 Å². The minimum absolute atomic E-state index is 0.0594. The van der Waals surface area contributed by atoms with Crippen molar-refractivity contribution in [1.82, 2.24) is 15.5 Å². The summed E-state index contributed by atoms with van der Waals surface area (Å²) in [7, 11) is 2.03. The van der Waals surface area contributed by atoms with Gasteiger partial charge in [-0.25, -0.2) is 0 Å². The van der Waals surface area contributed by atoms with E-state index in [-0.39, 0.29) is 24.9 Å². The SMILES string of the molecule is CN(CCC(=O)N[C@H](Cc1ccc2ccccc2c1)C(=O)NCC(O)CN)C1CC1. The molecule has 5 N–H and O–H groups in total. The molecule has 2 aromatic carbocycles. The second-order valence-corrected chi connectivity index (χ2v) is 8.10. The number of nitrogens with zero attached hydrogens (tertiary/aromatic N) is 1. The van der Waals surface area contributed by atoms with Gasteiger partial charge >= 0.3 is 0 Å². The zero-order valence-corrected chi connectivity index (χ0v) is 17.5. The predicted octanol–water partition coefficient (Wildman–Crippen LogP) is 0.787. The van der Waals surface area contributed by atoms with Gasteiger partial charge in [-0.1, -0.05) is 42.5 Å². The smallest absolute Gasteiger partial charge is 0.243 e. The molecular formula is C23H32N4O3. The fraction of sp³-hybridized carbons (Fsp3) is 0.478. The van der Waals surface area contributed by atoms with Gasteiger partial charge in [0.1, 0.15) is 6.04 Å². The molecule has 2 aromatic rings. The maximum Gasteiger partial charge on any atom is 0.243 e. The quantitative estimate of drug-likeness (QED) is 0.436. The fourth-order valence-electron chi connectivity index (χ4n) is 3.48. The lowest BCUT2D eigenvalue weighted by Gasteiger charge is -2.21. The molecule has 0 aromatic heterocycles. The Morgan fingerprint density at radius 3 is 2.63 bits per heavy atom. The van der Waals surface area contributed by atoms with E-state index in [1.165, 1.54) is 12.8 Å². The van der Waals surface area contributed by atoms with Crippen molar-refractivity contribution in [3.63, 3.8) is 0 Å². The van der Waals surface area contributed by atoms with Crippen molar-refractivity contribution >= 4 is 22.6 Å². The summed E-state index contributed by atoms with van der Waals surface area (Å²) in [6.45, 7) is 0.798. The van der Waals surface area contributed by atoms with Crippen molar-refractivity contribution in [2.24, 2.45) is 5.73 Å². The zero-order valence-electron chi connectivity index (χ0n) is 17.5. The fourth-order valence-corrected chi connectivity index (χ4v) is 3.48. The second-order valence-electron chi connectivity index (χ2n) is 8.10. The lowest BCUT2D eigenvalue weighted by atomic mass is 10.0. The number of benzene rings is 2. The molecular weight excluding hydrogens is 380 g/mol. The standard InChI is InChI=1S/C23H32N4O3/c1-27(19-8-9-19)11-10-22(29)26-21(23(30)25-15-20(28)14-24)13-16-6-7-17-4-2-3-5-18(17)12-16/h2-7,12,19-21,28H,8-11,13-15,24H2,1H3,(H,25,30)(H,26,29)/t20?,21-/m1/s1. The Hall–Kier alpha value is -2.48. The summed E-state index contributed by atoms with van der Waals surface area (Å²) in [5.74, 6) is -0.470. The van der Waals surface area contributed by atoms with Crippen LogP contribution in [0.1, 0.15) is 24.8 Å². The molecule has 7 nitrogen and oxygen atoms in total. The molecule has 0 heterocycles. The van der Waals surface area contributed by atoms with Crippen molar-refractivity contribution in [2.75, 3.05) is 26.7 Å². The Morgan fingerprint density at radius 1 is 1.20 bits per heavy atom. The van der Waals surface area contributed by atoms with Gasteiger partial charge in [0, 0.05) is 38.5 Å². The van der Waals surface area contributed by atoms with Crippen molar-refractivity contribution in [2.45, 2.75) is 43.9 Å². The summed E-state index contributed by atoms with van der Waals surface area (Å²) in [5.41, 5.74) is 6.37. The number of amides is 2. The van der Waals surface area contributed by atoms with Crippen LogP contribution in [0.4, 0.5) is 0 Å². The second kappa shape index (κ2) is 10.5. The average molecular weight is 413 g/mol. The van der Waals surface area contributed by atoms with Crippen molar-refractivity contribution in [3.05, 3.63) is 48.0 Å². The summed E-state index contributed by atoms with van der Waals surface area (Å²) in [6, 6.07) is 13.9. The van der Waals surface area contributed by atoms with Gasteiger partial charge in [0.05, 0.1) is 6.10 Å². The van der Waals surface area contributed by atoms with Crippen LogP contribution in [0.2, 0.25) is 0 Å². The van der Waals surface area contributed by atoms with E-state index in [0.29, 0.717) is 25.4 Å². The molecule has 2 amide bonds. The van der Waals surface area contributed by atoms with E-state index in [9.17, 15) is 14.7 Å². The van der Waals surface area contributed by atoms with Gasteiger partial charge in [0.25, 0.3) is 0 Å². The zero-order chi connectivity index (χ0) is 21.5. The molecule has 1 fully saturated rings. The van der Waals surface area contributed by atoms with Crippen molar-refractivity contribution in [3.8, 4) is 0 Å². The third-order valence-electron chi connectivity index (χ3n) is 5.55. The first-order valence-electron chi connectivity index (χ1n) is 10.6. The first-order chi connectivity index (χ1) is 14.5. The molecule has 0 bridgehead atoms. The molecule has 0 radical (unpaired) electrons. The van der Waals surface area contributed by atoms with E-state index in [0.717, 1.165) is 16.3 Å². The molecule has 1 unspecified atom stereocenters. The van der Waals surface area contributed by atoms with Gasteiger partial charge in [-0.05, 0) is 36.2 Å². The van der Waals surface area contributed by atoms with Crippen LogP contribution in [0.25, 0.3) is 10.8 Å². The summed E-state index contributed by atoms with van der Waals surface area (Å²) >= 11 is 0. The lowest BCUT2D eigenvalue weighted by molar-refractivity contribution is -0.129.